The number of pyridine rings is 1. The van der Waals surface area contributed by atoms with Gasteiger partial charge in [0.15, 0.2) is 0 Å². The lowest BCUT2D eigenvalue weighted by molar-refractivity contribution is -0.137. The Hall–Kier alpha value is -2.04. The van der Waals surface area contributed by atoms with Crippen molar-refractivity contribution < 1.29 is 35.6 Å². The summed E-state index contributed by atoms with van der Waals surface area (Å²) in [5.74, 6) is -0.681. The predicted octanol–water partition coefficient (Wildman–Crippen LogP) is 4.16. The first-order valence-corrected chi connectivity index (χ1v) is 9.58. The number of rotatable bonds is 7. The van der Waals surface area contributed by atoms with E-state index in [0.717, 1.165) is 0 Å². The molecule has 0 spiro atoms. The number of alkyl halides is 3. The number of hydrogen-bond donors (Lipinski definition) is 1. The summed E-state index contributed by atoms with van der Waals surface area (Å²) in [6, 6.07) is 4.49. The van der Waals surface area contributed by atoms with E-state index in [1.165, 1.54) is 18.2 Å². The van der Waals surface area contributed by atoms with Crippen LogP contribution >= 0.6 is 11.6 Å². The Morgan fingerprint density at radius 3 is 2.52 bits per heavy atom. The maximum atomic E-state index is 12.7. The van der Waals surface area contributed by atoms with E-state index in [9.17, 15) is 26.7 Å². The molecule has 0 bridgehead atoms. The van der Waals surface area contributed by atoms with Gasteiger partial charge in [0.2, 0.25) is 5.88 Å². The van der Waals surface area contributed by atoms with Gasteiger partial charge in [0, 0.05) is 17.8 Å². The minimum Gasteiger partial charge on any atom is -0.437 e. The zero-order chi connectivity index (χ0) is 20.2. The lowest BCUT2D eigenvalue weighted by Crippen LogP contribution is -2.13. The quantitative estimate of drug-likeness (QED) is 0.670. The van der Waals surface area contributed by atoms with Crippen LogP contribution in [-0.4, -0.2) is 24.3 Å². The molecular weight excluding hydrogens is 411 g/mol. The van der Waals surface area contributed by atoms with Crippen LogP contribution in [0.4, 0.5) is 13.2 Å². The number of aliphatic hydroxyl groups excluding tert-OH is 1. The van der Waals surface area contributed by atoms with E-state index in [-0.39, 0.29) is 28.7 Å². The molecule has 2 aromatic rings. The van der Waals surface area contributed by atoms with Gasteiger partial charge in [-0.15, -0.1) is 0 Å². The van der Waals surface area contributed by atoms with Crippen molar-refractivity contribution in [3.8, 4) is 17.4 Å². The average molecular weight is 426 g/mol. The molecule has 6 nitrogen and oxygen atoms in total. The number of benzene rings is 1. The van der Waals surface area contributed by atoms with Crippen molar-refractivity contribution in [1.29, 1.82) is 0 Å². The van der Waals surface area contributed by atoms with Crippen molar-refractivity contribution >= 4 is 21.7 Å². The number of nitrogens with zero attached hydrogens (tertiary/aromatic N) is 1. The number of aromatic nitrogens is 1. The zero-order valence-corrected chi connectivity index (χ0v) is 15.5. The van der Waals surface area contributed by atoms with Gasteiger partial charge >= 0.3 is 16.3 Å². The van der Waals surface area contributed by atoms with Crippen LogP contribution in [0.5, 0.6) is 17.4 Å². The number of ether oxygens (including phenoxy) is 1. The zero-order valence-electron chi connectivity index (χ0n) is 14.0. The van der Waals surface area contributed by atoms with Gasteiger partial charge in [-0.3, -0.25) is 0 Å². The largest absolute Gasteiger partial charge is 0.437 e. The Morgan fingerprint density at radius 2 is 1.96 bits per heavy atom. The van der Waals surface area contributed by atoms with E-state index in [1.54, 1.807) is 6.92 Å². The third-order valence-electron chi connectivity index (χ3n) is 3.23. The molecule has 0 amide bonds. The molecule has 0 aliphatic carbocycles. The molecule has 27 heavy (non-hydrogen) atoms. The highest BCUT2D eigenvalue weighted by Gasteiger charge is 2.32. The highest BCUT2D eigenvalue weighted by molar-refractivity contribution is 7.87. The van der Waals surface area contributed by atoms with Crippen LogP contribution in [0.2, 0.25) is 5.02 Å². The molecule has 0 saturated carbocycles. The molecule has 0 fully saturated rings. The lowest BCUT2D eigenvalue weighted by Gasteiger charge is -2.13. The lowest BCUT2D eigenvalue weighted by atomic mass is 10.2. The Balaban J connectivity index is 2.33. The fourth-order valence-corrected chi connectivity index (χ4v) is 3.20. The van der Waals surface area contributed by atoms with Crippen LogP contribution in [0.1, 0.15) is 24.5 Å². The van der Waals surface area contributed by atoms with E-state index in [0.29, 0.717) is 18.7 Å². The standard InChI is InChI=1S/C16H15ClF3NO5S/c1-2-5-27(23,24)26-12-4-3-10(9-22)14(7-12)25-15-13(17)6-11(8-21-15)16(18,19)20/h3-4,6-8,22H,2,5,9H2,1H3. The monoisotopic (exact) mass is 425 g/mol. The summed E-state index contributed by atoms with van der Waals surface area (Å²) in [5.41, 5.74) is -0.821. The number of halogens is 4. The van der Waals surface area contributed by atoms with Gasteiger partial charge in [-0.05, 0) is 24.6 Å². The maximum Gasteiger partial charge on any atom is 0.417 e. The molecule has 2 rings (SSSR count). The Morgan fingerprint density at radius 1 is 1.26 bits per heavy atom. The molecule has 0 saturated heterocycles. The maximum absolute atomic E-state index is 12.7. The van der Waals surface area contributed by atoms with Crippen LogP contribution in [0.15, 0.2) is 30.5 Å². The molecule has 1 aromatic heterocycles. The van der Waals surface area contributed by atoms with Crippen LogP contribution in [-0.2, 0) is 22.9 Å². The molecule has 1 heterocycles. The van der Waals surface area contributed by atoms with Crippen molar-refractivity contribution in [3.05, 3.63) is 46.6 Å². The summed E-state index contributed by atoms with van der Waals surface area (Å²) in [6.45, 7) is 1.19. The van der Waals surface area contributed by atoms with E-state index >= 15 is 0 Å². The normalized spacial score (nSPS) is 12.1. The topological polar surface area (TPSA) is 85.7 Å². The summed E-state index contributed by atoms with van der Waals surface area (Å²) in [6.07, 6.45) is -3.72. The summed E-state index contributed by atoms with van der Waals surface area (Å²) in [5, 5.41) is 8.98. The molecular formula is C16H15ClF3NO5S. The second-order valence-electron chi connectivity index (χ2n) is 5.38. The van der Waals surface area contributed by atoms with Gasteiger partial charge in [-0.1, -0.05) is 18.5 Å². The van der Waals surface area contributed by atoms with E-state index < -0.39 is 33.5 Å². The Kier molecular flexibility index (Phi) is 6.55. The van der Waals surface area contributed by atoms with Gasteiger partial charge < -0.3 is 14.0 Å². The SMILES string of the molecule is CCCS(=O)(=O)Oc1ccc(CO)c(Oc2ncc(C(F)(F)F)cc2Cl)c1. The number of hydrogen-bond acceptors (Lipinski definition) is 6. The Labute approximate surface area is 158 Å². The second kappa shape index (κ2) is 8.32. The number of aliphatic hydroxyl groups is 1. The van der Waals surface area contributed by atoms with Crippen LogP contribution in [0.25, 0.3) is 0 Å². The molecule has 1 N–H and O–H groups in total. The average Bonchev–Trinajstić information content (AvgIpc) is 2.55. The first-order chi connectivity index (χ1) is 12.6. The van der Waals surface area contributed by atoms with Gasteiger partial charge in [0.25, 0.3) is 0 Å². The molecule has 1 aromatic carbocycles. The van der Waals surface area contributed by atoms with E-state index in [4.69, 9.17) is 20.5 Å². The second-order valence-corrected chi connectivity index (χ2v) is 7.48. The summed E-state index contributed by atoms with van der Waals surface area (Å²) in [7, 11) is -3.81. The minimum absolute atomic E-state index is 0.0594. The van der Waals surface area contributed by atoms with Gasteiger partial charge in [0.1, 0.15) is 16.5 Å². The fourth-order valence-electron chi connectivity index (χ4n) is 2.01. The fraction of sp³-hybridized carbons (Fsp3) is 0.312. The highest BCUT2D eigenvalue weighted by Crippen LogP contribution is 2.36. The van der Waals surface area contributed by atoms with Crippen molar-refractivity contribution in [3.63, 3.8) is 0 Å². The van der Waals surface area contributed by atoms with Crippen molar-refractivity contribution in [1.82, 2.24) is 4.98 Å². The molecule has 11 heteroatoms. The predicted molar refractivity (Wildman–Crippen MR) is 91.4 cm³/mol. The first-order valence-electron chi connectivity index (χ1n) is 7.62. The molecule has 0 radical (unpaired) electrons. The van der Waals surface area contributed by atoms with Crippen molar-refractivity contribution in [2.24, 2.45) is 0 Å². The van der Waals surface area contributed by atoms with Crippen molar-refractivity contribution in [2.75, 3.05) is 5.75 Å². The summed E-state index contributed by atoms with van der Waals surface area (Å²) >= 11 is 5.79. The molecule has 0 aliphatic rings. The molecule has 0 unspecified atom stereocenters. The van der Waals surface area contributed by atoms with E-state index in [1.807, 2.05) is 0 Å². The van der Waals surface area contributed by atoms with Crippen LogP contribution in [0.3, 0.4) is 0 Å². The summed E-state index contributed by atoms with van der Waals surface area (Å²) < 4.78 is 71.8. The van der Waals surface area contributed by atoms with Gasteiger partial charge in [-0.2, -0.15) is 21.6 Å². The molecule has 0 atom stereocenters. The van der Waals surface area contributed by atoms with Gasteiger partial charge in [0.05, 0.1) is 17.9 Å². The molecule has 148 valence electrons. The van der Waals surface area contributed by atoms with E-state index in [2.05, 4.69) is 4.98 Å². The summed E-state index contributed by atoms with van der Waals surface area (Å²) in [4.78, 5) is 3.53. The van der Waals surface area contributed by atoms with Crippen LogP contribution < -0.4 is 8.92 Å². The highest BCUT2D eigenvalue weighted by atomic mass is 35.5. The first kappa shape index (κ1) is 21.3. The Bertz CT molecular complexity index is 919. The van der Waals surface area contributed by atoms with Gasteiger partial charge in [-0.25, -0.2) is 4.98 Å². The smallest absolute Gasteiger partial charge is 0.417 e. The van der Waals surface area contributed by atoms with Crippen molar-refractivity contribution in [2.45, 2.75) is 26.1 Å². The minimum atomic E-state index is -4.62. The third-order valence-corrected chi connectivity index (χ3v) is 4.85. The van der Waals surface area contributed by atoms with Crippen LogP contribution in [0, 0.1) is 0 Å². The third kappa shape index (κ3) is 5.72. The molecule has 0 aliphatic heterocycles.